The number of nitrogens with zero attached hydrogens (tertiary/aromatic N) is 1. The molecule has 3 rings (SSSR count). The van der Waals surface area contributed by atoms with E-state index in [-0.39, 0.29) is 18.4 Å². The lowest BCUT2D eigenvalue weighted by atomic mass is 9.77. The molecule has 2 N–H and O–H groups in total. The molecule has 0 radical (unpaired) electrons. The minimum Gasteiger partial charge on any atom is -0.480 e. The largest absolute Gasteiger partial charge is 0.480 e. The summed E-state index contributed by atoms with van der Waals surface area (Å²) in [6.45, 7) is 2.70. The number of aliphatic imine (C=N–C) groups is 1. The molecule has 1 aliphatic carbocycles. The molecule has 1 heterocycles. The fraction of sp³-hybridized carbons (Fsp3) is 0.654. The normalized spacial score (nSPS) is 20.8. The Bertz CT molecular complexity index is 773. The van der Waals surface area contributed by atoms with Crippen LogP contribution in [0.5, 0.6) is 0 Å². The Hall–Kier alpha value is -2.37. The van der Waals surface area contributed by atoms with Gasteiger partial charge in [-0.25, -0.2) is 4.99 Å². The molecule has 1 amide bonds. The first kappa shape index (κ1) is 24.3. The number of benzene rings is 1. The molecular weight excluding hydrogens is 404 g/mol. The van der Waals surface area contributed by atoms with Crippen molar-refractivity contribution in [1.29, 1.82) is 0 Å². The van der Waals surface area contributed by atoms with Gasteiger partial charge in [0.25, 0.3) is 0 Å². The smallest absolute Gasteiger partial charge is 0.319 e. The van der Waals surface area contributed by atoms with Gasteiger partial charge in [-0.2, -0.15) is 0 Å². The summed E-state index contributed by atoms with van der Waals surface area (Å²) in [6.07, 6.45) is 11.6. The molecule has 6 nitrogen and oxygen atoms in total. The number of aliphatic carboxylic acids is 1. The van der Waals surface area contributed by atoms with Gasteiger partial charge in [-0.3, -0.25) is 9.59 Å². The van der Waals surface area contributed by atoms with E-state index in [4.69, 9.17) is 4.74 Å². The lowest BCUT2D eigenvalue weighted by Gasteiger charge is -2.28. The van der Waals surface area contributed by atoms with Crippen molar-refractivity contribution in [1.82, 2.24) is 5.32 Å². The van der Waals surface area contributed by atoms with Crippen molar-refractivity contribution in [2.75, 3.05) is 13.2 Å². The summed E-state index contributed by atoms with van der Waals surface area (Å²) in [7, 11) is 0. The van der Waals surface area contributed by atoms with E-state index in [1.54, 1.807) is 0 Å². The maximum Gasteiger partial charge on any atom is 0.319 e. The van der Waals surface area contributed by atoms with Crippen LogP contribution in [0.3, 0.4) is 0 Å². The second-order valence-corrected chi connectivity index (χ2v) is 9.35. The van der Waals surface area contributed by atoms with E-state index in [9.17, 15) is 14.7 Å². The Morgan fingerprint density at radius 3 is 2.59 bits per heavy atom. The summed E-state index contributed by atoms with van der Waals surface area (Å²) in [4.78, 5) is 29.5. The zero-order chi connectivity index (χ0) is 22.8. The Kier molecular flexibility index (Phi) is 9.12. The average molecular weight is 443 g/mol. The zero-order valence-corrected chi connectivity index (χ0v) is 19.4. The Labute approximate surface area is 191 Å². The van der Waals surface area contributed by atoms with E-state index >= 15 is 0 Å². The van der Waals surface area contributed by atoms with Gasteiger partial charge in [-0.15, -0.1) is 0 Å². The molecule has 1 aromatic rings. The lowest BCUT2D eigenvalue weighted by molar-refractivity contribution is -0.145. The number of carbonyl (C=O) groups excluding carboxylic acids is 1. The molecule has 2 atom stereocenters. The predicted octanol–water partition coefficient (Wildman–Crippen LogP) is 4.76. The van der Waals surface area contributed by atoms with Crippen LogP contribution in [0, 0.1) is 11.3 Å². The molecule has 32 heavy (non-hydrogen) atoms. The van der Waals surface area contributed by atoms with Crippen molar-refractivity contribution in [3.8, 4) is 0 Å². The van der Waals surface area contributed by atoms with Gasteiger partial charge in [0.2, 0.25) is 11.8 Å². The predicted molar refractivity (Wildman–Crippen MR) is 126 cm³/mol. The number of unbranched alkanes of at least 4 members (excludes halogenated alkanes) is 1. The summed E-state index contributed by atoms with van der Waals surface area (Å²) in [5.74, 6) is -0.0748. The van der Waals surface area contributed by atoms with Gasteiger partial charge in [0.15, 0.2) is 6.04 Å². The number of amides is 1. The minimum atomic E-state index is -1.24. The van der Waals surface area contributed by atoms with Crippen LogP contribution in [0.15, 0.2) is 35.3 Å². The van der Waals surface area contributed by atoms with E-state index in [1.807, 2.05) is 37.3 Å². The van der Waals surface area contributed by atoms with Gasteiger partial charge < -0.3 is 15.2 Å². The highest BCUT2D eigenvalue weighted by Gasteiger charge is 2.47. The van der Waals surface area contributed by atoms with E-state index in [0.717, 1.165) is 24.3 Å². The summed E-state index contributed by atoms with van der Waals surface area (Å²) >= 11 is 0. The summed E-state index contributed by atoms with van der Waals surface area (Å²) in [5.41, 5.74) is -0.328. The molecule has 0 aromatic heterocycles. The molecule has 2 unspecified atom stereocenters. The number of carbonyl (C=O) groups is 2. The quantitative estimate of drug-likeness (QED) is 0.457. The van der Waals surface area contributed by atoms with Crippen molar-refractivity contribution >= 4 is 17.8 Å². The van der Waals surface area contributed by atoms with Crippen molar-refractivity contribution in [3.63, 3.8) is 0 Å². The number of ether oxygens (including phenoxy) is 1. The van der Waals surface area contributed by atoms with E-state index in [0.29, 0.717) is 25.8 Å². The van der Waals surface area contributed by atoms with E-state index in [2.05, 4.69) is 10.3 Å². The molecule has 1 saturated carbocycles. The van der Waals surface area contributed by atoms with Crippen molar-refractivity contribution in [2.45, 2.75) is 83.6 Å². The van der Waals surface area contributed by atoms with Crippen LogP contribution in [0.4, 0.5) is 0 Å². The second kappa shape index (κ2) is 12.0. The van der Waals surface area contributed by atoms with Gasteiger partial charge in [-0.05, 0) is 30.7 Å². The number of nitrogens with one attached hydrogen (secondary N) is 1. The first-order valence-corrected chi connectivity index (χ1v) is 12.3. The Morgan fingerprint density at radius 2 is 1.91 bits per heavy atom. The maximum atomic E-state index is 12.6. The third-order valence-corrected chi connectivity index (χ3v) is 6.86. The lowest BCUT2D eigenvalue weighted by Crippen LogP contribution is -2.41. The highest BCUT2D eigenvalue weighted by molar-refractivity contribution is 6.04. The topological polar surface area (TPSA) is 88.0 Å². The van der Waals surface area contributed by atoms with Crippen molar-refractivity contribution in [2.24, 2.45) is 16.3 Å². The molecule has 1 fully saturated rings. The molecule has 1 aliphatic heterocycles. The number of carboxylic acid groups (broad SMARTS) is 1. The molecule has 0 bridgehead atoms. The van der Waals surface area contributed by atoms with Crippen LogP contribution in [-0.2, 0) is 20.7 Å². The first-order chi connectivity index (χ1) is 15.5. The molecule has 176 valence electrons. The molecular formula is C26H38N2O4. The highest BCUT2D eigenvalue weighted by atomic mass is 16.5. The SMILES string of the molecule is CCCC(Cc1ccccc1)(C(=O)O)C1=NC(C(=O)NCCCCC2CCCCC2)CO1. The molecule has 0 saturated heterocycles. The monoisotopic (exact) mass is 442 g/mol. The van der Waals surface area contributed by atoms with Gasteiger partial charge in [0.1, 0.15) is 12.0 Å². The molecule has 6 heteroatoms. The summed E-state index contributed by atoms with van der Waals surface area (Å²) in [6, 6.07) is 8.87. The standard InChI is InChI=1S/C26H38N2O4/c1-2-16-26(25(30)31,18-21-14-7-4-8-15-21)24-28-22(19-32-24)23(29)27-17-10-9-13-20-11-5-3-6-12-20/h4,7-8,14-15,20,22H,2-3,5-6,9-13,16-19H2,1H3,(H,27,29)(H,30,31). The first-order valence-electron chi connectivity index (χ1n) is 12.3. The van der Waals surface area contributed by atoms with Crippen LogP contribution in [0.1, 0.15) is 76.7 Å². The van der Waals surface area contributed by atoms with Gasteiger partial charge >= 0.3 is 5.97 Å². The molecule has 2 aliphatic rings. The Morgan fingerprint density at radius 1 is 1.16 bits per heavy atom. The van der Waals surface area contributed by atoms with Crippen molar-refractivity contribution in [3.05, 3.63) is 35.9 Å². The molecule has 0 spiro atoms. The highest BCUT2D eigenvalue weighted by Crippen LogP contribution is 2.34. The van der Waals surface area contributed by atoms with E-state index in [1.165, 1.54) is 38.5 Å². The zero-order valence-electron chi connectivity index (χ0n) is 19.4. The maximum absolute atomic E-state index is 12.6. The van der Waals surface area contributed by atoms with Gasteiger partial charge in [0.05, 0.1) is 0 Å². The van der Waals surface area contributed by atoms with Gasteiger partial charge in [-0.1, -0.05) is 88.6 Å². The van der Waals surface area contributed by atoms with Crippen LogP contribution in [-0.4, -0.2) is 42.1 Å². The number of hydrogen-bond acceptors (Lipinski definition) is 4. The molecule has 1 aromatic carbocycles. The second-order valence-electron chi connectivity index (χ2n) is 9.35. The summed E-state index contributed by atoms with van der Waals surface area (Å²) in [5, 5.41) is 13.1. The average Bonchev–Trinajstić information content (AvgIpc) is 3.30. The third kappa shape index (κ3) is 6.33. The van der Waals surface area contributed by atoms with E-state index < -0.39 is 17.4 Å². The minimum absolute atomic E-state index is 0.108. The number of rotatable bonds is 12. The van der Waals surface area contributed by atoms with Crippen LogP contribution < -0.4 is 5.32 Å². The van der Waals surface area contributed by atoms with Crippen LogP contribution >= 0.6 is 0 Å². The summed E-state index contributed by atoms with van der Waals surface area (Å²) < 4.78 is 5.75. The number of hydrogen-bond donors (Lipinski definition) is 2. The van der Waals surface area contributed by atoms with Crippen LogP contribution in [0.2, 0.25) is 0 Å². The fourth-order valence-corrected chi connectivity index (χ4v) is 5.05. The Balaban J connectivity index is 1.55. The number of carboxylic acids is 1. The van der Waals surface area contributed by atoms with Crippen molar-refractivity contribution < 1.29 is 19.4 Å². The fourth-order valence-electron chi connectivity index (χ4n) is 5.05. The van der Waals surface area contributed by atoms with Gasteiger partial charge in [0, 0.05) is 6.54 Å². The van der Waals surface area contributed by atoms with Crippen LogP contribution in [0.25, 0.3) is 0 Å². The third-order valence-electron chi connectivity index (χ3n) is 6.86.